The number of benzene rings is 1. The number of amides is 2. The van der Waals surface area contributed by atoms with Crippen molar-refractivity contribution in [2.24, 2.45) is 0 Å². The van der Waals surface area contributed by atoms with Crippen LogP contribution < -0.4 is 10.2 Å². The largest absolute Gasteiger partial charge is 0.508 e. The topological polar surface area (TPSA) is 89.9 Å². The number of nitrogens with one attached hydrogen (secondary N) is 1. The second-order valence-corrected chi connectivity index (χ2v) is 5.18. The molecule has 0 fully saturated rings. The average Bonchev–Trinajstić information content (AvgIpc) is 2.42. The van der Waals surface area contributed by atoms with E-state index in [1.165, 1.54) is 35.8 Å². The van der Waals surface area contributed by atoms with E-state index in [0.29, 0.717) is 17.9 Å². The van der Waals surface area contributed by atoms with Crippen LogP contribution in [0.2, 0.25) is 0 Å². The highest BCUT2D eigenvalue weighted by Gasteiger charge is 2.21. The van der Waals surface area contributed by atoms with E-state index in [4.69, 9.17) is 5.11 Å². The number of aliphatic carboxylic acids is 1. The van der Waals surface area contributed by atoms with Crippen molar-refractivity contribution < 1.29 is 19.8 Å². The Morgan fingerprint density at radius 2 is 1.95 bits per heavy atom. The van der Waals surface area contributed by atoms with Gasteiger partial charge in [0.05, 0.1) is 0 Å². The smallest absolute Gasteiger partial charge is 0.326 e. The molecule has 0 aliphatic carbocycles. The molecule has 20 heavy (non-hydrogen) atoms. The Kier molecular flexibility index (Phi) is 6.17. The third kappa shape index (κ3) is 4.65. The van der Waals surface area contributed by atoms with E-state index in [2.05, 4.69) is 5.32 Å². The van der Waals surface area contributed by atoms with Gasteiger partial charge in [-0.2, -0.15) is 11.8 Å². The van der Waals surface area contributed by atoms with Gasteiger partial charge in [0.1, 0.15) is 11.8 Å². The number of hydrogen-bond donors (Lipinski definition) is 3. The van der Waals surface area contributed by atoms with Crippen LogP contribution in [-0.2, 0) is 4.79 Å². The van der Waals surface area contributed by atoms with Crippen molar-refractivity contribution in [2.75, 3.05) is 24.0 Å². The summed E-state index contributed by atoms with van der Waals surface area (Å²) in [5, 5.41) is 20.7. The van der Waals surface area contributed by atoms with Gasteiger partial charge in [-0.15, -0.1) is 0 Å². The van der Waals surface area contributed by atoms with Crippen molar-refractivity contribution in [1.29, 1.82) is 0 Å². The summed E-state index contributed by atoms with van der Waals surface area (Å²) in [4.78, 5) is 24.4. The van der Waals surface area contributed by atoms with Crippen molar-refractivity contribution in [3.05, 3.63) is 24.3 Å². The van der Waals surface area contributed by atoms with Crippen molar-refractivity contribution in [1.82, 2.24) is 5.32 Å². The maximum Gasteiger partial charge on any atom is 0.326 e. The first-order valence-corrected chi connectivity index (χ1v) is 7.40. The van der Waals surface area contributed by atoms with Crippen LogP contribution in [0.4, 0.5) is 10.5 Å². The quantitative estimate of drug-likeness (QED) is 0.744. The Balaban J connectivity index is 2.68. The monoisotopic (exact) mass is 298 g/mol. The van der Waals surface area contributed by atoms with Gasteiger partial charge in [-0.05, 0) is 42.7 Å². The van der Waals surface area contributed by atoms with Crippen LogP contribution in [0.15, 0.2) is 24.3 Å². The van der Waals surface area contributed by atoms with Gasteiger partial charge in [-0.1, -0.05) is 0 Å². The predicted octanol–water partition coefficient (Wildman–Crippen LogP) is 1.74. The van der Waals surface area contributed by atoms with Gasteiger partial charge < -0.3 is 15.5 Å². The maximum atomic E-state index is 12.0. The van der Waals surface area contributed by atoms with Gasteiger partial charge in [-0.25, -0.2) is 9.59 Å². The molecule has 1 aromatic carbocycles. The third-order valence-corrected chi connectivity index (χ3v) is 3.39. The minimum atomic E-state index is -1.05. The zero-order chi connectivity index (χ0) is 15.1. The van der Waals surface area contributed by atoms with Gasteiger partial charge >= 0.3 is 12.0 Å². The molecule has 3 N–H and O–H groups in total. The molecule has 1 atom stereocenters. The number of thioether (sulfide) groups is 1. The Morgan fingerprint density at radius 1 is 1.35 bits per heavy atom. The Labute approximate surface area is 121 Å². The van der Waals surface area contributed by atoms with Crippen LogP contribution in [0, 0.1) is 0 Å². The van der Waals surface area contributed by atoms with Crippen molar-refractivity contribution in [3.8, 4) is 5.75 Å². The molecule has 0 heterocycles. The van der Waals surface area contributed by atoms with E-state index in [1.807, 2.05) is 6.26 Å². The summed E-state index contributed by atoms with van der Waals surface area (Å²) in [6.45, 7) is 0. The zero-order valence-electron chi connectivity index (χ0n) is 11.4. The summed E-state index contributed by atoms with van der Waals surface area (Å²) in [5.74, 6) is -0.294. The lowest BCUT2D eigenvalue weighted by Crippen LogP contribution is -2.47. The van der Waals surface area contributed by atoms with E-state index >= 15 is 0 Å². The van der Waals surface area contributed by atoms with Crippen LogP contribution in [0.1, 0.15) is 6.42 Å². The number of carbonyl (C=O) groups excluding carboxylic acids is 1. The van der Waals surface area contributed by atoms with E-state index < -0.39 is 18.0 Å². The molecule has 0 aliphatic rings. The summed E-state index contributed by atoms with van der Waals surface area (Å²) in [6.07, 6.45) is 2.24. The lowest BCUT2D eigenvalue weighted by molar-refractivity contribution is -0.139. The molecule has 0 spiro atoms. The second kappa shape index (κ2) is 7.64. The number of anilines is 1. The number of phenolic OH excluding ortho intramolecular Hbond substituents is 1. The van der Waals surface area contributed by atoms with Gasteiger partial charge in [0.2, 0.25) is 0 Å². The van der Waals surface area contributed by atoms with Crippen LogP contribution in [0.3, 0.4) is 0 Å². The molecule has 0 bridgehead atoms. The average molecular weight is 298 g/mol. The van der Waals surface area contributed by atoms with Gasteiger partial charge in [0.15, 0.2) is 0 Å². The molecule has 0 radical (unpaired) electrons. The summed E-state index contributed by atoms with van der Waals surface area (Å²) in [7, 11) is 1.54. The normalized spacial score (nSPS) is 11.7. The fourth-order valence-electron chi connectivity index (χ4n) is 1.53. The second-order valence-electron chi connectivity index (χ2n) is 4.20. The minimum Gasteiger partial charge on any atom is -0.508 e. The van der Waals surface area contributed by atoms with Crippen molar-refractivity contribution in [2.45, 2.75) is 12.5 Å². The van der Waals surface area contributed by atoms with Crippen LogP contribution in [-0.4, -0.2) is 47.3 Å². The van der Waals surface area contributed by atoms with Crippen LogP contribution >= 0.6 is 11.8 Å². The Hall–Kier alpha value is -1.89. The van der Waals surface area contributed by atoms with E-state index in [1.54, 1.807) is 12.1 Å². The first kappa shape index (κ1) is 16.2. The number of carboxylic acid groups (broad SMARTS) is 1. The van der Waals surface area contributed by atoms with Crippen LogP contribution in [0.25, 0.3) is 0 Å². The molecule has 1 unspecified atom stereocenters. The molecule has 0 saturated carbocycles. The highest BCUT2D eigenvalue weighted by Crippen LogP contribution is 2.17. The number of rotatable bonds is 6. The summed E-state index contributed by atoms with van der Waals surface area (Å²) in [5.41, 5.74) is 0.564. The zero-order valence-corrected chi connectivity index (χ0v) is 12.2. The molecule has 0 aliphatic heterocycles. The minimum absolute atomic E-state index is 0.103. The van der Waals surface area contributed by atoms with E-state index in [9.17, 15) is 14.7 Å². The van der Waals surface area contributed by atoms with Gasteiger partial charge in [0.25, 0.3) is 0 Å². The molecular formula is C13H18N2O4S. The Morgan fingerprint density at radius 3 is 2.45 bits per heavy atom. The highest BCUT2D eigenvalue weighted by atomic mass is 32.2. The molecule has 2 amide bonds. The highest BCUT2D eigenvalue weighted by molar-refractivity contribution is 7.98. The van der Waals surface area contributed by atoms with Crippen molar-refractivity contribution in [3.63, 3.8) is 0 Å². The summed E-state index contributed by atoms with van der Waals surface area (Å²) >= 11 is 1.52. The standard InChI is InChI=1S/C13H18N2O4S/c1-15(9-3-5-10(16)6-4-9)13(19)14-11(12(17)18)7-8-20-2/h3-6,11,16H,7-8H2,1-2H3,(H,14,19)(H,17,18). The number of carboxylic acids is 1. The van der Waals surface area contributed by atoms with E-state index in [-0.39, 0.29) is 5.75 Å². The molecule has 6 nitrogen and oxygen atoms in total. The molecule has 0 aromatic heterocycles. The summed E-state index contributed by atoms with van der Waals surface area (Å²) < 4.78 is 0. The Bertz CT molecular complexity index is 464. The SMILES string of the molecule is CSCCC(NC(=O)N(C)c1ccc(O)cc1)C(=O)O. The third-order valence-electron chi connectivity index (χ3n) is 2.75. The number of nitrogens with zero attached hydrogens (tertiary/aromatic N) is 1. The lowest BCUT2D eigenvalue weighted by Gasteiger charge is -2.21. The predicted molar refractivity (Wildman–Crippen MR) is 79.5 cm³/mol. The van der Waals surface area contributed by atoms with Crippen molar-refractivity contribution >= 4 is 29.4 Å². The molecular weight excluding hydrogens is 280 g/mol. The van der Waals surface area contributed by atoms with Crippen LogP contribution in [0.5, 0.6) is 5.75 Å². The number of urea groups is 1. The summed E-state index contributed by atoms with van der Waals surface area (Å²) in [6, 6.07) is 4.67. The lowest BCUT2D eigenvalue weighted by atomic mass is 10.2. The molecule has 110 valence electrons. The number of hydrogen-bond acceptors (Lipinski definition) is 4. The van der Waals surface area contributed by atoms with Gasteiger partial charge in [-0.3, -0.25) is 4.90 Å². The molecule has 1 aromatic rings. The maximum absolute atomic E-state index is 12.0. The number of phenols is 1. The molecule has 7 heteroatoms. The first-order valence-electron chi connectivity index (χ1n) is 6.00. The number of carbonyl (C=O) groups is 2. The van der Waals surface area contributed by atoms with Gasteiger partial charge in [0, 0.05) is 12.7 Å². The molecule has 0 saturated heterocycles. The fraction of sp³-hybridized carbons (Fsp3) is 0.385. The molecule has 1 rings (SSSR count). The fourth-order valence-corrected chi connectivity index (χ4v) is 2.00. The van der Waals surface area contributed by atoms with E-state index in [0.717, 1.165) is 0 Å². The number of aromatic hydroxyl groups is 1. The first-order chi connectivity index (χ1) is 9.45.